The summed E-state index contributed by atoms with van der Waals surface area (Å²) in [7, 11) is 0. The Kier molecular flexibility index (Phi) is 2.33. The van der Waals surface area contributed by atoms with Crippen LogP contribution in [-0.2, 0) is 4.74 Å². The zero-order chi connectivity index (χ0) is 12.9. The molecule has 1 spiro atoms. The molecule has 2 atom stereocenters. The van der Waals surface area contributed by atoms with Crippen LogP contribution in [0.4, 0.5) is 0 Å². The van der Waals surface area contributed by atoms with Crippen LogP contribution in [0, 0.1) is 0 Å². The van der Waals surface area contributed by atoms with Gasteiger partial charge >= 0.3 is 0 Å². The molecule has 0 amide bonds. The average Bonchev–Trinajstić information content (AvgIpc) is 2.68. The van der Waals surface area contributed by atoms with Crippen molar-refractivity contribution in [3.63, 3.8) is 0 Å². The first-order chi connectivity index (χ1) is 8.53. The standard InChI is InChI=1S/C14H14O4/c1-8-5-14(18-7-8)6-11(16)12-9(13(14)17)3-2-4-10(12)15/h2-5,13,15,17H,6-7H2,1H3/t13-,14-/m0/s1. The minimum atomic E-state index is -0.956. The predicted molar refractivity (Wildman–Crippen MR) is 64.5 cm³/mol. The van der Waals surface area contributed by atoms with Gasteiger partial charge in [-0.25, -0.2) is 0 Å². The molecule has 2 aliphatic rings. The Balaban J connectivity index is 2.16. The third-order valence-corrected chi connectivity index (χ3v) is 3.61. The van der Waals surface area contributed by atoms with Gasteiger partial charge in [-0.15, -0.1) is 0 Å². The van der Waals surface area contributed by atoms with Crippen LogP contribution >= 0.6 is 0 Å². The van der Waals surface area contributed by atoms with Gasteiger partial charge < -0.3 is 14.9 Å². The number of ketones is 1. The summed E-state index contributed by atoms with van der Waals surface area (Å²) < 4.78 is 5.63. The van der Waals surface area contributed by atoms with Crippen molar-refractivity contribution in [2.75, 3.05) is 6.61 Å². The lowest BCUT2D eigenvalue weighted by atomic mass is 9.77. The fourth-order valence-corrected chi connectivity index (χ4v) is 2.80. The number of aliphatic hydroxyl groups is 1. The van der Waals surface area contributed by atoms with Crippen molar-refractivity contribution in [2.24, 2.45) is 0 Å². The lowest BCUT2D eigenvalue weighted by molar-refractivity contribution is -0.0766. The first-order valence-electron chi connectivity index (χ1n) is 5.89. The zero-order valence-electron chi connectivity index (χ0n) is 10.0. The molecular weight excluding hydrogens is 232 g/mol. The van der Waals surface area contributed by atoms with Crippen LogP contribution in [0.15, 0.2) is 29.8 Å². The molecule has 4 heteroatoms. The van der Waals surface area contributed by atoms with E-state index in [0.717, 1.165) is 5.57 Å². The molecule has 0 saturated carbocycles. The topological polar surface area (TPSA) is 66.8 Å². The number of aromatic hydroxyl groups is 1. The molecular formula is C14H14O4. The van der Waals surface area contributed by atoms with E-state index >= 15 is 0 Å². The van der Waals surface area contributed by atoms with E-state index in [4.69, 9.17) is 4.74 Å². The molecule has 0 bridgehead atoms. The van der Waals surface area contributed by atoms with Crippen molar-refractivity contribution < 1.29 is 19.7 Å². The van der Waals surface area contributed by atoms with Crippen LogP contribution in [0.2, 0.25) is 0 Å². The highest BCUT2D eigenvalue weighted by atomic mass is 16.5. The number of carbonyl (C=O) groups is 1. The number of carbonyl (C=O) groups excluding carboxylic acids is 1. The highest BCUT2D eigenvalue weighted by Gasteiger charge is 2.48. The Labute approximate surface area is 105 Å². The number of ether oxygens (including phenoxy) is 1. The summed E-state index contributed by atoms with van der Waals surface area (Å²) in [5.74, 6) is -0.274. The fraction of sp³-hybridized carbons (Fsp3) is 0.357. The smallest absolute Gasteiger partial charge is 0.170 e. The Morgan fingerprint density at radius 1 is 1.44 bits per heavy atom. The van der Waals surface area contributed by atoms with E-state index in [1.165, 1.54) is 6.07 Å². The first kappa shape index (κ1) is 11.4. The van der Waals surface area contributed by atoms with Crippen LogP contribution in [0.25, 0.3) is 0 Å². The first-order valence-corrected chi connectivity index (χ1v) is 5.89. The van der Waals surface area contributed by atoms with Crippen molar-refractivity contribution >= 4 is 5.78 Å². The Morgan fingerprint density at radius 2 is 2.22 bits per heavy atom. The highest BCUT2D eigenvalue weighted by Crippen LogP contribution is 2.46. The van der Waals surface area contributed by atoms with E-state index < -0.39 is 11.7 Å². The number of phenolic OH excluding ortho intramolecular Hbond substituents is 1. The molecule has 1 aromatic carbocycles. The van der Waals surface area contributed by atoms with Gasteiger partial charge in [0, 0.05) is 6.42 Å². The number of benzene rings is 1. The predicted octanol–water partition coefficient (Wildman–Crippen LogP) is 1.73. The van der Waals surface area contributed by atoms with E-state index in [1.54, 1.807) is 12.1 Å². The number of aliphatic hydroxyl groups excluding tert-OH is 1. The van der Waals surface area contributed by atoms with E-state index in [2.05, 4.69) is 0 Å². The number of fused-ring (bicyclic) bond motifs is 1. The Morgan fingerprint density at radius 3 is 2.89 bits per heavy atom. The lowest BCUT2D eigenvalue weighted by Crippen LogP contribution is -2.41. The molecule has 2 N–H and O–H groups in total. The van der Waals surface area contributed by atoms with E-state index in [-0.39, 0.29) is 23.5 Å². The van der Waals surface area contributed by atoms with Gasteiger partial charge in [0.25, 0.3) is 0 Å². The fourth-order valence-electron chi connectivity index (χ4n) is 2.80. The van der Waals surface area contributed by atoms with Gasteiger partial charge in [-0.3, -0.25) is 4.79 Å². The second-order valence-electron chi connectivity index (χ2n) is 4.98. The number of hydrogen-bond donors (Lipinski definition) is 2. The molecule has 0 saturated heterocycles. The van der Waals surface area contributed by atoms with Crippen molar-refractivity contribution in [3.8, 4) is 5.75 Å². The van der Waals surface area contributed by atoms with E-state index in [9.17, 15) is 15.0 Å². The highest BCUT2D eigenvalue weighted by molar-refractivity contribution is 6.02. The van der Waals surface area contributed by atoms with Crippen LogP contribution in [0.1, 0.15) is 35.4 Å². The van der Waals surface area contributed by atoms with Gasteiger partial charge in [0.2, 0.25) is 0 Å². The van der Waals surface area contributed by atoms with E-state index in [1.807, 2.05) is 13.0 Å². The monoisotopic (exact) mass is 246 g/mol. The average molecular weight is 246 g/mol. The number of rotatable bonds is 0. The quantitative estimate of drug-likeness (QED) is 0.684. The van der Waals surface area contributed by atoms with E-state index in [0.29, 0.717) is 12.2 Å². The van der Waals surface area contributed by atoms with Gasteiger partial charge in [-0.05, 0) is 30.2 Å². The molecule has 1 aliphatic carbocycles. The Hall–Kier alpha value is -1.65. The minimum absolute atomic E-state index is 0.0656. The minimum Gasteiger partial charge on any atom is -0.507 e. The molecule has 0 unspecified atom stereocenters. The summed E-state index contributed by atoms with van der Waals surface area (Å²) in [6, 6.07) is 4.73. The van der Waals surface area contributed by atoms with Gasteiger partial charge in [-0.1, -0.05) is 12.1 Å². The number of Topliss-reactive ketones (excluding diaryl/α,β-unsaturated/α-hetero) is 1. The molecule has 1 heterocycles. The van der Waals surface area contributed by atoms with Gasteiger partial charge in [0.15, 0.2) is 5.78 Å². The van der Waals surface area contributed by atoms with Crippen LogP contribution in [-0.4, -0.2) is 28.2 Å². The number of phenols is 1. The van der Waals surface area contributed by atoms with Crippen molar-refractivity contribution in [3.05, 3.63) is 41.0 Å². The summed E-state index contributed by atoms with van der Waals surface area (Å²) >= 11 is 0. The summed E-state index contributed by atoms with van der Waals surface area (Å²) in [5.41, 5.74) is 0.710. The molecule has 0 aromatic heterocycles. The summed E-state index contributed by atoms with van der Waals surface area (Å²) in [6.07, 6.45) is 0.966. The maximum atomic E-state index is 12.1. The third-order valence-electron chi connectivity index (χ3n) is 3.61. The summed E-state index contributed by atoms with van der Waals surface area (Å²) in [5, 5.41) is 20.2. The molecule has 0 radical (unpaired) electrons. The molecule has 1 aliphatic heterocycles. The molecule has 94 valence electrons. The second kappa shape index (κ2) is 3.67. The normalized spacial score (nSPS) is 30.4. The molecule has 18 heavy (non-hydrogen) atoms. The lowest BCUT2D eigenvalue weighted by Gasteiger charge is -2.36. The molecule has 1 aromatic rings. The second-order valence-corrected chi connectivity index (χ2v) is 4.98. The maximum Gasteiger partial charge on any atom is 0.170 e. The van der Waals surface area contributed by atoms with Crippen molar-refractivity contribution in [2.45, 2.75) is 25.0 Å². The largest absolute Gasteiger partial charge is 0.507 e. The SMILES string of the molecule is CC1=C[C@@]2(CC(=O)c3c(O)cccc3[C@@H]2O)OC1. The summed E-state index contributed by atoms with van der Waals surface area (Å²) in [6.45, 7) is 2.34. The van der Waals surface area contributed by atoms with Gasteiger partial charge in [0.05, 0.1) is 12.2 Å². The van der Waals surface area contributed by atoms with Crippen molar-refractivity contribution in [1.29, 1.82) is 0 Å². The Bertz CT molecular complexity index is 561. The van der Waals surface area contributed by atoms with Gasteiger partial charge in [-0.2, -0.15) is 0 Å². The van der Waals surface area contributed by atoms with Gasteiger partial charge in [0.1, 0.15) is 17.5 Å². The zero-order valence-corrected chi connectivity index (χ0v) is 10.0. The van der Waals surface area contributed by atoms with Crippen LogP contribution in [0.3, 0.4) is 0 Å². The maximum absolute atomic E-state index is 12.1. The molecule has 3 rings (SSSR count). The molecule has 0 fully saturated rings. The van der Waals surface area contributed by atoms with Crippen LogP contribution in [0.5, 0.6) is 5.75 Å². The van der Waals surface area contributed by atoms with Crippen molar-refractivity contribution in [1.82, 2.24) is 0 Å². The molecule has 4 nitrogen and oxygen atoms in total. The third kappa shape index (κ3) is 1.43. The van der Waals surface area contributed by atoms with Crippen LogP contribution < -0.4 is 0 Å². The number of hydrogen-bond acceptors (Lipinski definition) is 4. The summed E-state index contributed by atoms with van der Waals surface area (Å²) in [4.78, 5) is 12.1.